The van der Waals surface area contributed by atoms with Crippen LogP contribution in [0.15, 0.2) is 18.2 Å². The van der Waals surface area contributed by atoms with Gasteiger partial charge < -0.3 is 15.2 Å². The van der Waals surface area contributed by atoms with Crippen molar-refractivity contribution in [3.8, 4) is 5.75 Å². The molecule has 0 radical (unpaired) electrons. The first-order valence-corrected chi connectivity index (χ1v) is 7.52. The van der Waals surface area contributed by atoms with Crippen LogP contribution >= 0.6 is 0 Å². The van der Waals surface area contributed by atoms with Gasteiger partial charge in [0, 0.05) is 18.2 Å². The average Bonchev–Trinajstić information content (AvgIpc) is 3.16. The van der Waals surface area contributed by atoms with Crippen molar-refractivity contribution in [3.05, 3.63) is 29.6 Å². The second-order valence-electron chi connectivity index (χ2n) is 6.10. The van der Waals surface area contributed by atoms with Crippen molar-refractivity contribution in [2.24, 2.45) is 0 Å². The molecular formula is C16H22FNO2. The van der Waals surface area contributed by atoms with Crippen LogP contribution in [0.4, 0.5) is 4.39 Å². The van der Waals surface area contributed by atoms with Crippen LogP contribution in [0, 0.1) is 5.82 Å². The summed E-state index contributed by atoms with van der Waals surface area (Å²) >= 11 is 0. The van der Waals surface area contributed by atoms with Gasteiger partial charge in [-0.3, -0.25) is 0 Å². The Balaban J connectivity index is 1.66. The minimum atomic E-state index is -0.774. The molecule has 0 bridgehead atoms. The van der Waals surface area contributed by atoms with Crippen molar-refractivity contribution in [2.75, 3.05) is 6.61 Å². The SMILES string of the molecule is OC1(COc2c(F)cccc2CNC2CC2)CCCC1. The Morgan fingerprint density at radius 3 is 2.75 bits per heavy atom. The molecule has 0 saturated heterocycles. The maximum atomic E-state index is 14.0. The lowest BCUT2D eigenvalue weighted by molar-refractivity contribution is 0.00000999. The summed E-state index contributed by atoms with van der Waals surface area (Å²) in [6, 6.07) is 5.57. The third-order valence-electron chi connectivity index (χ3n) is 4.23. The normalized spacial score (nSPS) is 21.1. The van der Waals surface area contributed by atoms with E-state index in [9.17, 15) is 9.50 Å². The van der Waals surface area contributed by atoms with Gasteiger partial charge >= 0.3 is 0 Å². The first kappa shape index (κ1) is 13.8. The summed E-state index contributed by atoms with van der Waals surface area (Å²) < 4.78 is 19.6. The van der Waals surface area contributed by atoms with Gasteiger partial charge in [0.25, 0.3) is 0 Å². The van der Waals surface area contributed by atoms with E-state index in [1.807, 2.05) is 6.07 Å². The van der Waals surface area contributed by atoms with Crippen molar-refractivity contribution in [2.45, 2.75) is 56.7 Å². The van der Waals surface area contributed by atoms with Crippen LogP contribution in [0.5, 0.6) is 5.75 Å². The Bertz CT molecular complexity index is 468. The molecule has 2 N–H and O–H groups in total. The zero-order valence-corrected chi connectivity index (χ0v) is 11.7. The van der Waals surface area contributed by atoms with Gasteiger partial charge in [0.05, 0.1) is 5.60 Å². The van der Waals surface area contributed by atoms with E-state index in [1.165, 1.54) is 18.9 Å². The summed E-state index contributed by atoms with van der Waals surface area (Å²) in [7, 11) is 0. The topological polar surface area (TPSA) is 41.5 Å². The van der Waals surface area contributed by atoms with E-state index in [1.54, 1.807) is 6.07 Å². The molecule has 2 fully saturated rings. The minimum absolute atomic E-state index is 0.185. The van der Waals surface area contributed by atoms with Gasteiger partial charge in [0.2, 0.25) is 0 Å². The second kappa shape index (κ2) is 5.70. The zero-order valence-electron chi connectivity index (χ0n) is 11.7. The number of hydrogen-bond acceptors (Lipinski definition) is 3. The van der Waals surface area contributed by atoms with Gasteiger partial charge in [-0.1, -0.05) is 25.0 Å². The molecule has 2 saturated carbocycles. The van der Waals surface area contributed by atoms with Crippen LogP contribution in [0.1, 0.15) is 44.1 Å². The monoisotopic (exact) mass is 279 g/mol. The first-order valence-electron chi connectivity index (χ1n) is 7.52. The van der Waals surface area contributed by atoms with Crippen molar-refractivity contribution in [3.63, 3.8) is 0 Å². The summed E-state index contributed by atoms with van der Waals surface area (Å²) in [5.74, 6) is -0.0531. The number of halogens is 1. The fourth-order valence-electron chi connectivity index (χ4n) is 2.78. The number of benzene rings is 1. The zero-order chi connectivity index (χ0) is 14.0. The fraction of sp³-hybridized carbons (Fsp3) is 0.625. The van der Waals surface area contributed by atoms with Gasteiger partial charge in [-0.2, -0.15) is 0 Å². The van der Waals surface area contributed by atoms with Crippen molar-refractivity contribution >= 4 is 0 Å². The summed E-state index contributed by atoms with van der Waals surface area (Å²) in [5, 5.41) is 13.7. The van der Waals surface area contributed by atoms with E-state index >= 15 is 0 Å². The Kier molecular flexibility index (Phi) is 3.94. The van der Waals surface area contributed by atoms with E-state index in [4.69, 9.17) is 4.74 Å². The average molecular weight is 279 g/mol. The number of nitrogens with one attached hydrogen (secondary N) is 1. The Labute approximate surface area is 119 Å². The molecule has 0 aliphatic heterocycles. The van der Waals surface area contributed by atoms with Gasteiger partial charge in [0.15, 0.2) is 11.6 Å². The minimum Gasteiger partial charge on any atom is -0.487 e. The Morgan fingerprint density at radius 1 is 1.30 bits per heavy atom. The smallest absolute Gasteiger partial charge is 0.165 e. The molecule has 3 nitrogen and oxygen atoms in total. The molecule has 0 heterocycles. The molecule has 1 aromatic carbocycles. The van der Waals surface area contributed by atoms with Crippen LogP contribution in [0.25, 0.3) is 0 Å². The lowest BCUT2D eigenvalue weighted by atomic mass is 10.0. The Morgan fingerprint density at radius 2 is 2.05 bits per heavy atom. The molecule has 4 heteroatoms. The number of para-hydroxylation sites is 1. The highest BCUT2D eigenvalue weighted by atomic mass is 19.1. The summed E-state index contributed by atoms with van der Waals surface area (Å²) in [6.07, 6.45) is 5.94. The second-order valence-corrected chi connectivity index (χ2v) is 6.10. The quantitative estimate of drug-likeness (QED) is 0.841. The standard InChI is InChI=1S/C16H22FNO2/c17-14-5-3-4-12(10-18-13-6-7-13)15(14)20-11-16(19)8-1-2-9-16/h3-5,13,18-19H,1-2,6-11H2. The summed E-state index contributed by atoms with van der Waals surface area (Å²) in [6.45, 7) is 0.806. The van der Waals surface area contributed by atoms with E-state index < -0.39 is 5.60 Å². The highest BCUT2D eigenvalue weighted by Gasteiger charge is 2.32. The van der Waals surface area contributed by atoms with Crippen molar-refractivity contribution in [1.29, 1.82) is 0 Å². The number of ether oxygens (including phenoxy) is 1. The largest absolute Gasteiger partial charge is 0.487 e. The van der Waals surface area contributed by atoms with E-state index in [2.05, 4.69) is 5.32 Å². The van der Waals surface area contributed by atoms with E-state index in [0.29, 0.717) is 18.3 Å². The third kappa shape index (κ3) is 3.30. The molecule has 1 aromatic rings. The molecule has 0 aromatic heterocycles. The molecule has 0 unspecified atom stereocenters. The van der Waals surface area contributed by atoms with Crippen LogP contribution in [0.2, 0.25) is 0 Å². The van der Waals surface area contributed by atoms with Crippen molar-refractivity contribution < 1.29 is 14.2 Å². The number of aliphatic hydroxyl groups is 1. The van der Waals surface area contributed by atoms with Crippen LogP contribution in [-0.4, -0.2) is 23.4 Å². The number of rotatable bonds is 6. The highest BCUT2D eigenvalue weighted by Crippen LogP contribution is 2.32. The fourth-order valence-corrected chi connectivity index (χ4v) is 2.78. The van der Waals surface area contributed by atoms with E-state index in [-0.39, 0.29) is 12.4 Å². The maximum absolute atomic E-state index is 14.0. The summed E-state index contributed by atoms with van der Waals surface area (Å²) in [4.78, 5) is 0. The van der Waals surface area contributed by atoms with E-state index in [0.717, 1.165) is 31.2 Å². The maximum Gasteiger partial charge on any atom is 0.165 e. The van der Waals surface area contributed by atoms with Gasteiger partial charge in [-0.25, -0.2) is 4.39 Å². The number of hydrogen-bond donors (Lipinski definition) is 2. The van der Waals surface area contributed by atoms with Gasteiger partial charge in [0.1, 0.15) is 6.61 Å². The highest BCUT2D eigenvalue weighted by molar-refractivity contribution is 5.35. The first-order chi connectivity index (χ1) is 9.66. The van der Waals surface area contributed by atoms with Crippen molar-refractivity contribution in [1.82, 2.24) is 5.32 Å². The molecule has 20 heavy (non-hydrogen) atoms. The molecule has 0 spiro atoms. The van der Waals surface area contributed by atoms with Crippen LogP contribution in [0.3, 0.4) is 0 Å². The Hall–Kier alpha value is -1.13. The molecule has 3 rings (SSSR count). The summed E-state index contributed by atoms with van der Waals surface area (Å²) in [5.41, 5.74) is 0.0576. The predicted octanol–water partition coefficient (Wildman–Crippen LogP) is 2.76. The molecule has 2 aliphatic rings. The lowest BCUT2D eigenvalue weighted by Gasteiger charge is -2.23. The molecular weight excluding hydrogens is 257 g/mol. The third-order valence-corrected chi connectivity index (χ3v) is 4.23. The van der Waals surface area contributed by atoms with Gasteiger partial charge in [-0.05, 0) is 31.7 Å². The van der Waals surface area contributed by atoms with Crippen LogP contribution < -0.4 is 10.1 Å². The molecule has 2 aliphatic carbocycles. The molecule has 0 atom stereocenters. The lowest BCUT2D eigenvalue weighted by Crippen LogP contribution is -2.32. The van der Waals surface area contributed by atoms with Gasteiger partial charge in [-0.15, -0.1) is 0 Å². The predicted molar refractivity (Wildman–Crippen MR) is 75.2 cm³/mol. The molecule has 110 valence electrons. The molecule has 0 amide bonds. The van der Waals surface area contributed by atoms with Crippen LogP contribution in [-0.2, 0) is 6.54 Å².